The summed E-state index contributed by atoms with van der Waals surface area (Å²) >= 11 is -2.50. The van der Waals surface area contributed by atoms with Crippen LogP contribution < -0.4 is 4.72 Å². The first-order valence-electron chi connectivity index (χ1n) is 2.12. The topological polar surface area (TPSA) is 89.5 Å². The molecule has 0 spiro atoms. The van der Waals surface area contributed by atoms with E-state index in [0.717, 1.165) is 0 Å². The Bertz CT molecular complexity index is 136. The molecule has 0 amide bonds. The number of nitrogens with one attached hydrogen (secondary N) is 1. The molecule has 0 fully saturated rings. The molecule has 0 aromatic rings. The normalized spacial score (nSPS) is 16.7. The molecule has 54 valence electrons. The van der Waals surface area contributed by atoms with E-state index in [4.69, 9.17) is 5.11 Å². The summed E-state index contributed by atoms with van der Waals surface area (Å²) < 4.78 is 21.2. The second kappa shape index (κ2) is 3.54. The van der Waals surface area contributed by atoms with Crippen molar-refractivity contribution >= 4 is 17.2 Å². The highest BCUT2D eigenvalue weighted by atomic mass is 32.2. The third-order valence-electron chi connectivity index (χ3n) is 0.643. The van der Waals surface area contributed by atoms with Crippen LogP contribution in [0.5, 0.6) is 0 Å². The molecule has 2 N–H and O–H groups in total. The molecule has 0 heterocycles. The second-order valence-corrected chi connectivity index (χ2v) is 2.12. The fraction of sp³-hybridized carbons (Fsp3) is 0.667. The van der Waals surface area contributed by atoms with Gasteiger partial charge in [-0.3, -0.25) is 9.00 Å². The lowest BCUT2D eigenvalue weighted by Gasteiger charge is -2.09. The molecular weight excluding hydrogens is 146 g/mol. The largest absolute Gasteiger partial charge is 0.760 e. The van der Waals surface area contributed by atoms with Crippen LogP contribution in [0.1, 0.15) is 6.92 Å². The number of carboxylic acid groups (broad SMARTS) is 1. The monoisotopic (exact) mass is 152 g/mol. The van der Waals surface area contributed by atoms with E-state index in [1.165, 1.54) is 6.92 Å². The molecule has 2 unspecified atom stereocenters. The van der Waals surface area contributed by atoms with E-state index in [9.17, 15) is 13.6 Å². The Morgan fingerprint density at radius 1 is 1.89 bits per heavy atom. The first-order valence-corrected chi connectivity index (χ1v) is 3.19. The smallest absolute Gasteiger partial charge is 0.321 e. The van der Waals surface area contributed by atoms with Crippen LogP contribution in [0.4, 0.5) is 0 Å². The minimum atomic E-state index is -2.50. The van der Waals surface area contributed by atoms with E-state index in [1.807, 2.05) is 0 Å². The zero-order valence-corrected chi connectivity index (χ0v) is 5.47. The number of aliphatic carboxylic acids is 1. The van der Waals surface area contributed by atoms with E-state index in [1.54, 1.807) is 4.72 Å². The molecule has 0 aliphatic carbocycles. The highest BCUT2D eigenvalue weighted by Gasteiger charge is 2.08. The second-order valence-electron chi connectivity index (χ2n) is 1.41. The molecule has 0 aliphatic rings. The van der Waals surface area contributed by atoms with Crippen molar-refractivity contribution < 1.29 is 18.7 Å². The number of rotatable bonds is 3. The summed E-state index contributed by atoms with van der Waals surface area (Å²) in [5.74, 6) is -1.20. The van der Waals surface area contributed by atoms with Crippen molar-refractivity contribution in [3.63, 3.8) is 0 Å². The summed E-state index contributed by atoms with van der Waals surface area (Å²) in [6.45, 7) is 1.23. The van der Waals surface area contributed by atoms with Crippen LogP contribution in [0, 0.1) is 0 Å². The molecule has 0 saturated carbocycles. The van der Waals surface area contributed by atoms with Gasteiger partial charge in [0, 0.05) is 11.3 Å². The van der Waals surface area contributed by atoms with Crippen LogP contribution in [0.15, 0.2) is 0 Å². The standard InChI is InChI=1S/C3H7NO4S/c1-2(3(5)6)4-9(7)8/h2,4H,1H3,(H,5,6)(H,7,8)/p-1. The molecule has 0 bridgehead atoms. The van der Waals surface area contributed by atoms with E-state index >= 15 is 0 Å². The maximum atomic E-state index is 9.90. The minimum Gasteiger partial charge on any atom is -0.760 e. The van der Waals surface area contributed by atoms with Gasteiger partial charge in [0.1, 0.15) is 6.04 Å². The predicted octanol–water partition coefficient (Wildman–Crippen LogP) is -1.16. The van der Waals surface area contributed by atoms with Crippen LogP contribution >= 0.6 is 0 Å². The highest BCUT2D eigenvalue weighted by Crippen LogP contribution is 1.79. The zero-order chi connectivity index (χ0) is 7.44. The number of carboxylic acids is 1. The van der Waals surface area contributed by atoms with Gasteiger partial charge in [0.25, 0.3) is 0 Å². The lowest BCUT2D eigenvalue weighted by atomic mass is 10.4. The van der Waals surface area contributed by atoms with Crippen molar-refractivity contribution in [1.82, 2.24) is 4.72 Å². The maximum Gasteiger partial charge on any atom is 0.321 e. The third kappa shape index (κ3) is 4.07. The van der Waals surface area contributed by atoms with Gasteiger partial charge < -0.3 is 9.66 Å². The highest BCUT2D eigenvalue weighted by molar-refractivity contribution is 7.77. The molecule has 0 radical (unpaired) electrons. The van der Waals surface area contributed by atoms with Crippen molar-refractivity contribution in [3.05, 3.63) is 0 Å². The van der Waals surface area contributed by atoms with Gasteiger partial charge in [-0.05, 0) is 6.92 Å². The zero-order valence-electron chi connectivity index (χ0n) is 4.66. The number of carbonyl (C=O) groups is 1. The molecule has 0 saturated heterocycles. The van der Waals surface area contributed by atoms with Gasteiger partial charge in [-0.25, -0.2) is 4.72 Å². The Morgan fingerprint density at radius 2 is 2.33 bits per heavy atom. The predicted molar refractivity (Wildman–Crippen MR) is 29.2 cm³/mol. The molecule has 0 aromatic carbocycles. The lowest BCUT2D eigenvalue weighted by molar-refractivity contribution is -0.138. The van der Waals surface area contributed by atoms with Crippen molar-refractivity contribution in [2.75, 3.05) is 0 Å². The van der Waals surface area contributed by atoms with Crippen molar-refractivity contribution in [3.8, 4) is 0 Å². The number of hydrogen-bond acceptors (Lipinski definition) is 3. The SMILES string of the molecule is CC(NS(=O)[O-])C(=O)O. The fourth-order valence-electron chi connectivity index (χ4n) is 0.195. The third-order valence-corrected chi connectivity index (χ3v) is 1.19. The molecule has 2 atom stereocenters. The quantitative estimate of drug-likeness (QED) is 0.499. The maximum absolute atomic E-state index is 9.90. The van der Waals surface area contributed by atoms with Gasteiger partial charge >= 0.3 is 5.97 Å². The van der Waals surface area contributed by atoms with Crippen LogP contribution in [0.3, 0.4) is 0 Å². The van der Waals surface area contributed by atoms with Crippen LogP contribution in [0.25, 0.3) is 0 Å². The van der Waals surface area contributed by atoms with Gasteiger partial charge in [0.2, 0.25) is 0 Å². The van der Waals surface area contributed by atoms with Gasteiger partial charge in [-0.1, -0.05) is 0 Å². The van der Waals surface area contributed by atoms with Crippen molar-refractivity contribution in [1.29, 1.82) is 0 Å². The molecule has 0 aromatic heterocycles. The Labute approximate surface area is 54.5 Å². The number of hydrogen-bond donors (Lipinski definition) is 2. The first kappa shape index (κ1) is 8.54. The van der Waals surface area contributed by atoms with E-state index in [2.05, 4.69) is 0 Å². The summed E-state index contributed by atoms with van der Waals surface area (Å²) in [5, 5.41) is 8.10. The Kier molecular flexibility index (Phi) is 3.36. The summed E-state index contributed by atoms with van der Waals surface area (Å²) in [7, 11) is 0. The summed E-state index contributed by atoms with van der Waals surface area (Å²) in [4.78, 5) is 9.90. The Hall–Kier alpha value is -0.460. The fourth-order valence-corrected chi connectivity index (χ4v) is 0.584. The van der Waals surface area contributed by atoms with Crippen LogP contribution in [-0.4, -0.2) is 25.9 Å². The average molecular weight is 152 g/mol. The average Bonchev–Trinajstić information content (AvgIpc) is 1.63. The van der Waals surface area contributed by atoms with Gasteiger partial charge in [0.05, 0.1) is 0 Å². The minimum absolute atomic E-state index is 1.05. The first-order chi connectivity index (χ1) is 4.04. The van der Waals surface area contributed by atoms with E-state index < -0.39 is 23.3 Å². The molecule has 9 heavy (non-hydrogen) atoms. The van der Waals surface area contributed by atoms with Gasteiger partial charge in [-0.15, -0.1) is 0 Å². The van der Waals surface area contributed by atoms with Crippen molar-refractivity contribution in [2.45, 2.75) is 13.0 Å². The van der Waals surface area contributed by atoms with Gasteiger partial charge in [0.15, 0.2) is 0 Å². The summed E-state index contributed by atoms with van der Waals surface area (Å²) in [6.07, 6.45) is 0. The molecule has 0 aliphatic heterocycles. The molecule has 0 rings (SSSR count). The summed E-state index contributed by atoms with van der Waals surface area (Å²) in [5.41, 5.74) is 0. The molecular formula is C3H6NO4S-. The van der Waals surface area contributed by atoms with Crippen LogP contribution in [0.2, 0.25) is 0 Å². The molecule has 6 heteroatoms. The summed E-state index contributed by atoms with van der Waals surface area (Å²) in [6, 6.07) is -1.05. The molecule has 5 nitrogen and oxygen atoms in total. The Balaban J connectivity index is 3.63. The van der Waals surface area contributed by atoms with Crippen LogP contribution in [-0.2, 0) is 16.1 Å². The van der Waals surface area contributed by atoms with E-state index in [0.29, 0.717) is 0 Å². The Morgan fingerprint density at radius 3 is 2.44 bits per heavy atom. The van der Waals surface area contributed by atoms with Gasteiger partial charge in [-0.2, -0.15) is 0 Å². The van der Waals surface area contributed by atoms with Crippen molar-refractivity contribution in [2.24, 2.45) is 0 Å². The lowest BCUT2D eigenvalue weighted by Crippen LogP contribution is -2.34. The van der Waals surface area contributed by atoms with E-state index in [-0.39, 0.29) is 0 Å².